The molecule has 32 heavy (non-hydrogen) atoms. The number of carbonyl (C=O) groups excluding carboxylic acids is 1. The maximum atomic E-state index is 12.6. The second-order valence-electron chi connectivity index (χ2n) is 7.55. The number of hydrogen-bond donors (Lipinski definition) is 0. The molecule has 3 heterocycles. The number of para-hydroxylation sites is 1. The van der Waals surface area contributed by atoms with Gasteiger partial charge in [-0.3, -0.25) is 0 Å². The Bertz CT molecular complexity index is 1380. The molecule has 8 heteroatoms. The van der Waals surface area contributed by atoms with Gasteiger partial charge in [0.2, 0.25) is 0 Å². The molecular formula is C24H21NO7. The lowest BCUT2D eigenvalue weighted by atomic mass is 10.0. The standard InChI is InChI=1S/C24H21NO7/c1-14-10-20-16(12-19(14)32-24(27)25-6-8-29-9-7-25)17(13-22(26)30-20)21-11-15-4-3-5-18(28-2)23(15)31-21/h3-5,10-13H,6-9H2,1-2H3. The van der Waals surface area contributed by atoms with E-state index in [9.17, 15) is 9.59 Å². The molecule has 1 fully saturated rings. The van der Waals surface area contributed by atoms with Crippen LogP contribution in [0.5, 0.6) is 11.5 Å². The van der Waals surface area contributed by atoms with E-state index in [1.165, 1.54) is 6.07 Å². The topological polar surface area (TPSA) is 91.4 Å². The predicted molar refractivity (Wildman–Crippen MR) is 117 cm³/mol. The van der Waals surface area contributed by atoms with Gasteiger partial charge in [0, 0.05) is 35.5 Å². The fourth-order valence-electron chi connectivity index (χ4n) is 3.84. The van der Waals surface area contributed by atoms with Crippen molar-refractivity contribution < 1.29 is 27.8 Å². The van der Waals surface area contributed by atoms with Crippen LogP contribution in [-0.4, -0.2) is 44.4 Å². The van der Waals surface area contributed by atoms with E-state index < -0.39 is 11.7 Å². The number of morpholine rings is 1. The number of hydrogen-bond acceptors (Lipinski definition) is 7. The van der Waals surface area contributed by atoms with Gasteiger partial charge in [0.25, 0.3) is 0 Å². The highest BCUT2D eigenvalue weighted by atomic mass is 16.6. The van der Waals surface area contributed by atoms with Crippen molar-refractivity contribution in [1.82, 2.24) is 4.90 Å². The van der Waals surface area contributed by atoms with Crippen molar-refractivity contribution in [3.05, 3.63) is 58.4 Å². The molecular weight excluding hydrogens is 414 g/mol. The number of rotatable bonds is 3. The Morgan fingerprint density at radius 2 is 1.84 bits per heavy atom. The molecule has 0 atom stereocenters. The van der Waals surface area contributed by atoms with Gasteiger partial charge in [-0.1, -0.05) is 12.1 Å². The highest BCUT2D eigenvalue weighted by Gasteiger charge is 2.21. The number of ether oxygens (including phenoxy) is 3. The summed E-state index contributed by atoms with van der Waals surface area (Å²) in [7, 11) is 1.57. The van der Waals surface area contributed by atoms with E-state index in [0.29, 0.717) is 71.2 Å². The zero-order chi connectivity index (χ0) is 22.2. The normalized spacial score (nSPS) is 14.1. The number of furan rings is 1. The van der Waals surface area contributed by atoms with Gasteiger partial charge in [0.05, 0.1) is 20.3 Å². The van der Waals surface area contributed by atoms with Crippen molar-refractivity contribution in [2.45, 2.75) is 6.92 Å². The molecule has 1 aliphatic rings. The van der Waals surface area contributed by atoms with Gasteiger partial charge < -0.3 is 27.9 Å². The quantitative estimate of drug-likeness (QED) is 0.442. The molecule has 1 aliphatic heterocycles. The minimum absolute atomic E-state index is 0.378. The molecule has 4 aromatic rings. The van der Waals surface area contributed by atoms with E-state index in [0.717, 1.165) is 5.39 Å². The summed E-state index contributed by atoms with van der Waals surface area (Å²) in [5.41, 5.74) is 1.67. The number of methoxy groups -OCH3 is 1. The van der Waals surface area contributed by atoms with E-state index in [2.05, 4.69) is 0 Å². The summed E-state index contributed by atoms with van der Waals surface area (Å²) < 4.78 is 27.8. The molecule has 0 spiro atoms. The van der Waals surface area contributed by atoms with E-state index in [4.69, 9.17) is 23.0 Å². The first kappa shape index (κ1) is 20.1. The highest BCUT2D eigenvalue weighted by molar-refractivity contribution is 5.97. The lowest BCUT2D eigenvalue weighted by molar-refractivity contribution is 0.0415. The van der Waals surface area contributed by atoms with Crippen LogP contribution in [0, 0.1) is 6.92 Å². The van der Waals surface area contributed by atoms with E-state index in [-0.39, 0.29) is 0 Å². The molecule has 0 bridgehead atoms. The van der Waals surface area contributed by atoms with Crippen LogP contribution < -0.4 is 15.1 Å². The van der Waals surface area contributed by atoms with Gasteiger partial charge in [-0.2, -0.15) is 0 Å². The van der Waals surface area contributed by atoms with E-state index >= 15 is 0 Å². The number of nitrogens with zero attached hydrogens (tertiary/aromatic N) is 1. The zero-order valence-electron chi connectivity index (χ0n) is 17.7. The first-order valence-corrected chi connectivity index (χ1v) is 10.2. The van der Waals surface area contributed by atoms with Gasteiger partial charge >= 0.3 is 11.7 Å². The molecule has 164 valence electrons. The van der Waals surface area contributed by atoms with Crippen molar-refractivity contribution in [2.75, 3.05) is 33.4 Å². The van der Waals surface area contributed by atoms with Crippen molar-refractivity contribution in [2.24, 2.45) is 0 Å². The Labute approximate surface area is 182 Å². The zero-order valence-corrected chi connectivity index (χ0v) is 17.7. The first-order chi connectivity index (χ1) is 15.5. The molecule has 0 aliphatic carbocycles. The molecule has 1 saturated heterocycles. The van der Waals surface area contributed by atoms with Crippen LogP contribution in [0.25, 0.3) is 33.3 Å². The Hall–Kier alpha value is -3.78. The Morgan fingerprint density at radius 3 is 2.62 bits per heavy atom. The summed E-state index contributed by atoms with van der Waals surface area (Å²) in [4.78, 5) is 26.5. The van der Waals surface area contributed by atoms with E-state index in [1.54, 1.807) is 37.1 Å². The molecule has 0 N–H and O–H groups in total. The van der Waals surface area contributed by atoms with Crippen LogP contribution in [0.15, 0.2) is 56.1 Å². The summed E-state index contributed by atoms with van der Waals surface area (Å²) in [6.07, 6.45) is -0.442. The minimum atomic E-state index is -0.502. The lowest BCUT2D eigenvalue weighted by Gasteiger charge is -2.26. The summed E-state index contributed by atoms with van der Waals surface area (Å²) in [6, 6.07) is 12.2. The molecule has 2 aromatic heterocycles. The summed E-state index contributed by atoms with van der Waals surface area (Å²) in [5, 5.41) is 1.44. The van der Waals surface area contributed by atoms with Crippen molar-refractivity contribution in [1.29, 1.82) is 0 Å². The van der Waals surface area contributed by atoms with Crippen LogP contribution in [0.1, 0.15) is 5.56 Å². The summed E-state index contributed by atoms with van der Waals surface area (Å²) in [6.45, 7) is 3.71. The SMILES string of the molecule is COc1cccc2cc(-c3cc(=O)oc4cc(C)c(OC(=O)N5CCOCC5)cc34)oc12. The predicted octanol–water partition coefficient (Wildman–Crippen LogP) is 4.35. The number of aryl methyl sites for hydroxylation is 1. The molecule has 0 saturated carbocycles. The van der Waals surface area contributed by atoms with Gasteiger partial charge in [0.15, 0.2) is 11.3 Å². The Morgan fingerprint density at radius 1 is 1.03 bits per heavy atom. The largest absolute Gasteiger partial charge is 0.493 e. The number of benzene rings is 2. The fraction of sp³-hybridized carbons (Fsp3) is 0.250. The molecule has 8 nitrogen and oxygen atoms in total. The molecule has 5 rings (SSSR count). The summed E-state index contributed by atoms with van der Waals surface area (Å²) in [5.74, 6) is 1.46. The highest BCUT2D eigenvalue weighted by Crippen LogP contribution is 2.37. The van der Waals surface area contributed by atoms with Crippen molar-refractivity contribution in [3.63, 3.8) is 0 Å². The van der Waals surface area contributed by atoms with Crippen LogP contribution in [0.3, 0.4) is 0 Å². The second-order valence-corrected chi connectivity index (χ2v) is 7.55. The minimum Gasteiger partial charge on any atom is -0.493 e. The molecule has 0 radical (unpaired) electrons. The third-order valence-electron chi connectivity index (χ3n) is 5.50. The van der Waals surface area contributed by atoms with Crippen LogP contribution in [0.4, 0.5) is 4.79 Å². The average molecular weight is 435 g/mol. The Balaban J connectivity index is 1.61. The van der Waals surface area contributed by atoms with Crippen LogP contribution in [-0.2, 0) is 4.74 Å². The maximum absolute atomic E-state index is 12.6. The van der Waals surface area contributed by atoms with Crippen molar-refractivity contribution >= 4 is 28.0 Å². The first-order valence-electron chi connectivity index (χ1n) is 10.2. The fourth-order valence-corrected chi connectivity index (χ4v) is 3.84. The Kier molecular flexibility index (Phi) is 5.07. The van der Waals surface area contributed by atoms with Crippen LogP contribution in [0.2, 0.25) is 0 Å². The molecule has 1 amide bonds. The van der Waals surface area contributed by atoms with Gasteiger partial charge in [0.1, 0.15) is 17.1 Å². The van der Waals surface area contributed by atoms with Gasteiger partial charge in [-0.25, -0.2) is 9.59 Å². The van der Waals surface area contributed by atoms with Crippen molar-refractivity contribution in [3.8, 4) is 22.8 Å². The van der Waals surface area contributed by atoms with E-state index in [1.807, 2.05) is 18.2 Å². The van der Waals surface area contributed by atoms with Gasteiger partial charge in [-0.05, 0) is 36.8 Å². The molecule has 0 unspecified atom stereocenters. The smallest absolute Gasteiger partial charge is 0.415 e. The third-order valence-corrected chi connectivity index (χ3v) is 5.50. The number of amides is 1. The second kappa shape index (κ2) is 8.05. The maximum Gasteiger partial charge on any atom is 0.415 e. The average Bonchev–Trinajstić information content (AvgIpc) is 3.24. The lowest BCUT2D eigenvalue weighted by Crippen LogP contribution is -2.42. The summed E-state index contributed by atoms with van der Waals surface area (Å²) >= 11 is 0. The van der Waals surface area contributed by atoms with Crippen LogP contribution >= 0.6 is 0 Å². The number of carbonyl (C=O) groups is 1. The monoisotopic (exact) mass is 435 g/mol. The third kappa shape index (κ3) is 3.58. The number of fused-ring (bicyclic) bond motifs is 2. The molecule has 2 aromatic carbocycles. The van der Waals surface area contributed by atoms with Gasteiger partial charge in [-0.15, -0.1) is 0 Å².